The fraction of sp³-hybridized carbons (Fsp3) is 0.529. The molecule has 1 heterocycles. The van der Waals surface area contributed by atoms with Crippen molar-refractivity contribution in [2.24, 2.45) is 4.99 Å². The summed E-state index contributed by atoms with van der Waals surface area (Å²) < 4.78 is 5.02. The molecule has 1 aromatic rings. The van der Waals surface area contributed by atoms with Crippen LogP contribution in [0.5, 0.6) is 0 Å². The number of carbonyl (C=O) groups is 1. The molecule has 6 nitrogen and oxygen atoms in total. The Labute approximate surface area is 137 Å². The molecule has 126 valence electrons. The van der Waals surface area contributed by atoms with E-state index in [1.54, 1.807) is 14.2 Å². The quantitative estimate of drug-likeness (QED) is 0.454. The fourth-order valence-corrected chi connectivity index (χ4v) is 2.54. The molecular weight excluding hydrogens is 292 g/mol. The molecule has 1 fully saturated rings. The third-order valence-electron chi connectivity index (χ3n) is 3.82. The average molecular weight is 318 g/mol. The standard InChI is InChI=1S/C17H26N4O2/c1-18-17(19-10-4-12-23-2)20-13-14-6-8-15(9-7-14)21-11-3-5-16(21)22/h6-9H,3-5,10-13H2,1-2H3,(H2,18,19,20). The Morgan fingerprint density at radius 3 is 2.70 bits per heavy atom. The molecule has 0 unspecified atom stereocenters. The molecule has 2 N–H and O–H groups in total. The van der Waals surface area contributed by atoms with Crippen LogP contribution in [0.1, 0.15) is 24.8 Å². The molecule has 6 heteroatoms. The normalized spacial score (nSPS) is 15.1. The molecule has 0 aliphatic carbocycles. The van der Waals surface area contributed by atoms with Crippen LogP contribution in [0, 0.1) is 0 Å². The molecule has 1 aliphatic heterocycles. The van der Waals surface area contributed by atoms with Gasteiger partial charge < -0.3 is 20.3 Å². The molecule has 1 aromatic carbocycles. The van der Waals surface area contributed by atoms with Crippen LogP contribution in [0.2, 0.25) is 0 Å². The Kier molecular flexibility index (Phi) is 6.87. The maximum Gasteiger partial charge on any atom is 0.227 e. The van der Waals surface area contributed by atoms with Gasteiger partial charge in [-0.1, -0.05) is 12.1 Å². The maximum atomic E-state index is 11.7. The lowest BCUT2D eigenvalue weighted by Gasteiger charge is -2.16. The van der Waals surface area contributed by atoms with Crippen LogP contribution < -0.4 is 15.5 Å². The van der Waals surface area contributed by atoms with E-state index in [4.69, 9.17) is 4.74 Å². The predicted octanol–water partition coefficient (Wildman–Crippen LogP) is 1.51. The first-order valence-corrected chi connectivity index (χ1v) is 8.07. The van der Waals surface area contributed by atoms with E-state index >= 15 is 0 Å². The second kappa shape index (κ2) is 9.15. The minimum Gasteiger partial charge on any atom is -0.385 e. The predicted molar refractivity (Wildman–Crippen MR) is 92.7 cm³/mol. The van der Waals surface area contributed by atoms with Gasteiger partial charge in [0.15, 0.2) is 5.96 Å². The van der Waals surface area contributed by atoms with E-state index < -0.39 is 0 Å². The topological polar surface area (TPSA) is 66.0 Å². The third-order valence-corrected chi connectivity index (χ3v) is 3.82. The largest absolute Gasteiger partial charge is 0.385 e. The van der Waals surface area contributed by atoms with Gasteiger partial charge in [-0.15, -0.1) is 0 Å². The van der Waals surface area contributed by atoms with Crippen LogP contribution in [0.15, 0.2) is 29.3 Å². The Bertz CT molecular complexity index is 528. The van der Waals surface area contributed by atoms with Gasteiger partial charge >= 0.3 is 0 Å². The second-order valence-electron chi connectivity index (χ2n) is 5.51. The minimum atomic E-state index is 0.219. The Morgan fingerprint density at radius 2 is 2.09 bits per heavy atom. The number of nitrogens with zero attached hydrogens (tertiary/aromatic N) is 2. The van der Waals surface area contributed by atoms with E-state index in [0.29, 0.717) is 13.0 Å². The SMILES string of the molecule is CN=C(NCCCOC)NCc1ccc(N2CCCC2=O)cc1. The summed E-state index contributed by atoms with van der Waals surface area (Å²) in [7, 11) is 3.46. The Hall–Kier alpha value is -2.08. The van der Waals surface area contributed by atoms with Crippen LogP contribution in [0.25, 0.3) is 0 Å². The summed E-state index contributed by atoms with van der Waals surface area (Å²) in [6.45, 7) is 3.08. The van der Waals surface area contributed by atoms with Crippen molar-refractivity contribution in [1.82, 2.24) is 10.6 Å². The molecule has 1 aliphatic rings. The zero-order chi connectivity index (χ0) is 16.5. The van der Waals surface area contributed by atoms with E-state index in [-0.39, 0.29) is 5.91 Å². The lowest BCUT2D eigenvalue weighted by Crippen LogP contribution is -2.37. The summed E-state index contributed by atoms with van der Waals surface area (Å²) in [6.07, 6.45) is 2.55. The van der Waals surface area contributed by atoms with E-state index in [1.807, 2.05) is 29.2 Å². The first-order chi connectivity index (χ1) is 11.2. The number of hydrogen-bond donors (Lipinski definition) is 2. The summed E-state index contributed by atoms with van der Waals surface area (Å²) in [4.78, 5) is 17.8. The van der Waals surface area contributed by atoms with Gasteiger partial charge in [0.2, 0.25) is 5.91 Å². The molecule has 0 saturated carbocycles. The van der Waals surface area contributed by atoms with Crippen LogP contribution >= 0.6 is 0 Å². The summed E-state index contributed by atoms with van der Waals surface area (Å²) >= 11 is 0. The number of benzene rings is 1. The zero-order valence-corrected chi connectivity index (χ0v) is 14.0. The van der Waals surface area contributed by atoms with Crippen molar-refractivity contribution in [3.05, 3.63) is 29.8 Å². The molecule has 1 amide bonds. The fourth-order valence-electron chi connectivity index (χ4n) is 2.54. The summed E-state index contributed by atoms with van der Waals surface area (Å²) in [5.41, 5.74) is 2.14. The van der Waals surface area contributed by atoms with E-state index in [1.165, 1.54) is 0 Å². The van der Waals surface area contributed by atoms with Crippen LogP contribution in [-0.2, 0) is 16.1 Å². The molecular formula is C17H26N4O2. The molecule has 0 radical (unpaired) electrons. The van der Waals surface area contributed by atoms with Gasteiger partial charge in [0.1, 0.15) is 0 Å². The molecule has 1 saturated heterocycles. The third kappa shape index (κ3) is 5.25. The molecule has 0 bridgehead atoms. The van der Waals surface area contributed by atoms with E-state index in [9.17, 15) is 4.79 Å². The van der Waals surface area contributed by atoms with E-state index in [0.717, 1.165) is 49.7 Å². The molecule has 2 rings (SSSR count). The molecule has 0 atom stereocenters. The number of aliphatic imine (C=N–C) groups is 1. The number of carbonyl (C=O) groups excluding carboxylic acids is 1. The van der Waals surface area contributed by atoms with Crippen molar-refractivity contribution in [3.63, 3.8) is 0 Å². The summed E-state index contributed by atoms with van der Waals surface area (Å²) in [6, 6.07) is 8.11. The number of hydrogen-bond acceptors (Lipinski definition) is 3. The number of amides is 1. The van der Waals surface area contributed by atoms with Crippen molar-refractivity contribution in [3.8, 4) is 0 Å². The second-order valence-corrected chi connectivity index (χ2v) is 5.51. The van der Waals surface area contributed by atoms with Gasteiger partial charge in [-0.2, -0.15) is 0 Å². The van der Waals surface area contributed by atoms with Gasteiger partial charge in [0, 0.05) is 52.5 Å². The van der Waals surface area contributed by atoms with Crippen LogP contribution in [0.3, 0.4) is 0 Å². The summed E-state index contributed by atoms with van der Waals surface area (Å²) in [5, 5.41) is 6.52. The van der Waals surface area contributed by atoms with Crippen LogP contribution in [0.4, 0.5) is 5.69 Å². The number of guanidine groups is 1. The Morgan fingerprint density at radius 1 is 1.30 bits per heavy atom. The smallest absolute Gasteiger partial charge is 0.227 e. The number of methoxy groups -OCH3 is 1. The zero-order valence-electron chi connectivity index (χ0n) is 14.0. The lowest BCUT2D eigenvalue weighted by atomic mass is 10.2. The number of rotatable bonds is 7. The van der Waals surface area contributed by atoms with Crippen molar-refractivity contribution in [1.29, 1.82) is 0 Å². The first-order valence-electron chi connectivity index (χ1n) is 8.07. The number of anilines is 1. The minimum absolute atomic E-state index is 0.219. The van der Waals surface area contributed by atoms with Crippen molar-refractivity contribution < 1.29 is 9.53 Å². The van der Waals surface area contributed by atoms with Gasteiger partial charge in [0.05, 0.1) is 0 Å². The highest BCUT2D eigenvalue weighted by Gasteiger charge is 2.21. The molecule has 23 heavy (non-hydrogen) atoms. The first kappa shape index (κ1) is 17.3. The Balaban J connectivity index is 1.80. The van der Waals surface area contributed by atoms with Crippen molar-refractivity contribution in [2.45, 2.75) is 25.8 Å². The van der Waals surface area contributed by atoms with Crippen molar-refractivity contribution >= 4 is 17.6 Å². The van der Waals surface area contributed by atoms with Gasteiger partial charge in [-0.05, 0) is 30.5 Å². The highest BCUT2D eigenvalue weighted by atomic mass is 16.5. The van der Waals surface area contributed by atoms with Gasteiger partial charge in [-0.25, -0.2) is 0 Å². The monoisotopic (exact) mass is 318 g/mol. The average Bonchev–Trinajstić information content (AvgIpc) is 3.01. The van der Waals surface area contributed by atoms with Crippen molar-refractivity contribution in [2.75, 3.05) is 38.8 Å². The summed E-state index contributed by atoms with van der Waals surface area (Å²) in [5.74, 6) is 0.997. The van der Waals surface area contributed by atoms with Crippen LogP contribution in [-0.4, -0.2) is 45.7 Å². The molecule has 0 spiro atoms. The molecule has 0 aromatic heterocycles. The highest BCUT2D eigenvalue weighted by molar-refractivity contribution is 5.95. The number of nitrogens with one attached hydrogen (secondary N) is 2. The van der Waals surface area contributed by atoms with Gasteiger partial charge in [-0.3, -0.25) is 9.79 Å². The maximum absolute atomic E-state index is 11.7. The highest BCUT2D eigenvalue weighted by Crippen LogP contribution is 2.21. The lowest BCUT2D eigenvalue weighted by molar-refractivity contribution is -0.117. The van der Waals surface area contributed by atoms with Gasteiger partial charge in [0.25, 0.3) is 0 Å². The number of ether oxygens (including phenoxy) is 1. The van der Waals surface area contributed by atoms with E-state index in [2.05, 4.69) is 15.6 Å².